The number of hydrogen-bond acceptors (Lipinski definition) is 7. The first-order valence-corrected chi connectivity index (χ1v) is 12.7. The van der Waals surface area contributed by atoms with Crippen LogP contribution < -0.4 is 9.64 Å². The number of halogens is 2. The maximum atomic E-state index is 14.1. The Balaban J connectivity index is 2.14. The van der Waals surface area contributed by atoms with Gasteiger partial charge in [-0.15, -0.1) is 6.42 Å². The number of aromatic nitrogens is 1. The maximum absolute atomic E-state index is 14.1. The standard InChI is InChI=1S/C28H28Cl2N2O6/c1-5-10-37-28(35)21-9-7-6-8-20(21)26(33)32(16-18-11-19(15-31-14-18)27(34)36-4)24-13-25(38-17(2)3)23(30)12-22(24)29/h1,11-15,17H,6-10,16H2,2-4H3. The summed E-state index contributed by atoms with van der Waals surface area (Å²) in [4.78, 5) is 44.5. The van der Waals surface area contributed by atoms with E-state index in [1.54, 1.807) is 12.1 Å². The Bertz CT molecular complexity index is 1300. The van der Waals surface area contributed by atoms with Crippen LogP contribution in [-0.2, 0) is 25.6 Å². The van der Waals surface area contributed by atoms with Crippen molar-refractivity contribution in [2.24, 2.45) is 0 Å². The van der Waals surface area contributed by atoms with Crippen molar-refractivity contribution in [2.45, 2.75) is 52.2 Å². The summed E-state index contributed by atoms with van der Waals surface area (Å²) in [7, 11) is 1.27. The van der Waals surface area contributed by atoms with Crippen LogP contribution in [0.2, 0.25) is 10.0 Å². The van der Waals surface area contributed by atoms with E-state index in [9.17, 15) is 14.4 Å². The van der Waals surface area contributed by atoms with Gasteiger partial charge < -0.3 is 19.1 Å². The molecule has 0 aliphatic heterocycles. The van der Waals surface area contributed by atoms with Crippen LogP contribution in [0.5, 0.6) is 5.75 Å². The highest BCUT2D eigenvalue weighted by atomic mass is 35.5. The van der Waals surface area contributed by atoms with Gasteiger partial charge in [-0.25, -0.2) is 9.59 Å². The van der Waals surface area contributed by atoms with E-state index in [1.807, 2.05) is 13.8 Å². The third-order valence-electron chi connectivity index (χ3n) is 5.72. The Morgan fingerprint density at radius 2 is 1.76 bits per heavy atom. The second-order valence-electron chi connectivity index (χ2n) is 8.81. The molecule has 1 amide bonds. The van der Waals surface area contributed by atoms with Crippen molar-refractivity contribution in [2.75, 3.05) is 18.6 Å². The Morgan fingerprint density at radius 3 is 2.42 bits per heavy atom. The minimum Gasteiger partial charge on any atom is -0.489 e. The number of ether oxygens (including phenoxy) is 3. The van der Waals surface area contributed by atoms with E-state index >= 15 is 0 Å². The summed E-state index contributed by atoms with van der Waals surface area (Å²) in [5, 5.41) is 0.481. The number of pyridine rings is 1. The molecule has 8 nitrogen and oxygen atoms in total. The molecule has 0 spiro atoms. The van der Waals surface area contributed by atoms with Crippen LogP contribution in [0.4, 0.5) is 5.69 Å². The molecule has 1 heterocycles. The Hall–Kier alpha value is -3.54. The Labute approximate surface area is 231 Å². The lowest BCUT2D eigenvalue weighted by Gasteiger charge is -2.28. The van der Waals surface area contributed by atoms with Crippen LogP contribution >= 0.6 is 23.2 Å². The van der Waals surface area contributed by atoms with Gasteiger partial charge in [0.15, 0.2) is 6.61 Å². The molecule has 1 aliphatic rings. The lowest BCUT2D eigenvalue weighted by molar-refractivity contribution is -0.138. The van der Waals surface area contributed by atoms with Gasteiger partial charge in [0.05, 0.1) is 41.1 Å². The van der Waals surface area contributed by atoms with Gasteiger partial charge in [-0.2, -0.15) is 0 Å². The summed E-state index contributed by atoms with van der Waals surface area (Å²) < 4.78 is 15.8. The molecule has 2 aromatic rings. The molecule has 200 valence electrons. The zero-order valence-corrected chi connectivity index (χ0v) is 22.9. The predicted molar refractivity (Wildman–Crippen MR) is 144 cm³/mol. The summed E-state index contributed by atoms with van der Waals surface area (Å²) in [6, 6.07) is 4.66. The smallest absolute Gasteiger partial charge is 0.339 e. The number of nitrogens with zero attached hydrogens (tertiary/aromatic N) is 2. The number of methoxy groups -OCH3 is 1. The van der Waals surface area contributed by atoms with E-state index in [0.29, 0.717) is 35.4 Å². The zero-order chi connectivity index (χ0) is 27.8. The van der Waals surface area contributed by atoms with Gasteiger partial charge in [0.25, 0.3) is 5.91 Å². The molecule has 3 rings (SSSR count). The normalized spacial score (nSPS) is 13.1. The quantitative estimate of drug-likeness (QED) is 0.294. The topological polar surface area (TPSA) is 95.0 Å². The van der Waals surface area contributed by atoms with Crippen LogP contribution in [0.15, 0.2) is 41.7 Å². The summed E-state index contributed by atoms with van der Waals surface area (Å²) in [6.45, 7) is 3.48. The highest BCUT2D eigenvalue weighted by molar-refractivity contribution is 6.37. The number of benzene rings is 1. The number of esters is 2. The van der Waals surface area contributed by atoms with Gasteiger partial charge in [-0.3, -0.25) is 9.78 Å². The first-order chi connectivity index (χ1) is 18.2. The van der Waals surface area contributed by atoms with Crippen LogP contribution in [0, 0.1) is 12.3 Å². The van der Waals surface area contributed by atoms with Crippen molar-refractivity contribution in [3.63, 3.8) is 0 Å². The van der Waals surface area contributed by atoms with E-state index < -0.39 is 17.8 Å². The number of amides is 1. The molecular formula is C28H28Cl2N2O6. The summed E-state index contributed by atoms with van der Waals surface area (Å²) >= 11 is 13.0. The minimum atomic E-state index is -0.619. The molecule has 38 heavy (non-hydrogen) atoms. The third kappa shape index (κ3) is 7.06. The monoisotopic (exact) mass is 558 g/mol. The Kier molecular flexibility index (Phi) is 10.2. The third-order valence-corrected chi connectivity index (χ3v) is 6.31. The molecule has 1 aromatic carbocycles. The molecule has 0 fully saturated rings. The number of rotatable bonds is 9. The summed E-state index contributed by atoms with van der Waals surface area (Å²) in [6.07, 6.45) is 10.2. The van der Waals surface area contributed by atoms with Crippen LogP contribution in [0.1, 0.15) is 55.5 Å². The molecule has 0 saturated heterocycles. The van der Waals surface area contributed by atoms with Gasteiger partial charge >= 0.3 is 11.9 Å². The van der Waals surface area contributed by atoms with Crippen molar-refractivity contribution in [1.29, 1.82) is 0 Å². The molecule has 0 N–H and O–H groups in total. The number of hydrogen-bond donors (Lipinski definition) is 0. The summed E-state index contributed by atoms with van der Waals surface area (Å²) in [5.41, 5.74) is 1.67. The fourth-order valence-corrected chi connectivity index (χ4v) is 4.58. The average Bonchev–Trinajstić information content (AvgIpc) is 2.91. The molecule has 0 radical (unpaired) electrons. The van der Waals surface area contributed by atoms with Crippen molar-refractivity contribution in [1.82, 2.24) is 4.98 Å². The van der Waals surface area contributed by atoms with Crippen LogP contribution in [-0.4, -0.2) is 42.7 Å². The average molecular weight is 559 g/mol. The number of terminal acetylenes is 1. The molecule has 0 unspecified atom stereocenters. The maximum Gasteiger partial charge on any atom is 0.339 e. The highest BCUT2D eigenvalue weighted by Crippen LogP contribution is 2.39. The first kappa shape index (κ1) is 29.0. The van der Waals surface area contributed by atoms with Crippen molar-refractivity contribution >= 4 is 46.7 Å². The number of carbonyl (C=O) groups excluding carboxylic acids is 3. The fraction of sp³-hybridized carbons (Fsp3) is 0.357. The lowest BCUT2D eigenvalue weighted by atomic mass is 9.90. The number of carbonyl (C=O) groups is 3. The van der Waals surface area contributed by atoms with Crippen molar-refractivity contribution in [3.05, 3.63) is 62.9 Å². The predicted octanol–water partition coefficient (Wildman–Crippen LogP) is 5.54. The highest BCUT2D eigenvalue weighted by Gasteiger charge is 2.30. The van der Waals surface area contributed by atoms with E-state index in [1.165, 1.54) is 30.5 Å². The Morgan fingerprint density at radius 1 is 1.05 bits per heavy atom. The molecule has 0 bridgehead atoms. The molecular weight excluding hydrogens is 531 g/mol. The van der Waals surface area contributed by atoms with E-state index in [2.05, 4.69) is 10.9 Å². The lowest BCUT2D eigenvalue weighted by Crippen LogP contribution is -2.34. The molecule has 1 aromatic heterocycles. The van der Waals surface area contributed by atoms with Crippen molar-refractivity contribution < 1.29 is 28.6 Å². The van der Waals surface area contributed by atoms with Gasteiger partial charge in [-0.05, 0) is 57.2 Å². The van der Waals surface area contributed by atoms with Gasteiger partial charge in [0, 0.05) is 29.6 Å². The molecule has 0 atom stereocenters. The van der Waals surface area contributed by atoms with E-state index in [-0.39, 0.29) is 40.4 Å². The second kappa shape index (κ2) is 13.3. The largest absolute Gasteiger partial charge is 0.489 e. The number of anilines is 1. The molecule has 10 heteroatoms. The molecule has 1 aliphatic carbocycles. The second-order valence-corrected chi connectivity index (χ2v) is 9.62. The zero-order valence-electron chi connectivity index (χ0n) is 21.4. The minimum absolute atomic E-state index is 0.0185. The van der Waals surface area contributed by atoms with Gasteiger partial charge in [-0.1, -0.05) is 29.1 Å². The fourth-order valence-electron chi connectivity index (χ4n) is 4.05. The van der Waals surface area contributed by atoms with E-state index in [0.717, 1.165) is 12.8 Å². The van der Waals surface area contributed by atoms with Crippen molar-refractivity contribution in [3.8, 4) is 18.1 Å². The van der Waals surface area contributed by atoms with E-state index in [4.69, 9.17) is 43.8 Å². The molecule has 0 saturated carbocycles. The van der Waals surface area contributed by atoms with Gasteiger partial charge in [0.1, 0.15) is 5.75 Å². The van der Waals surface area contributed by atoms with Crippen LogP contribution in [0.3, 0.4) is 0 Å². The SMILES string of the molecule is C#CCOC(=O)C1=C(C(=O)N(Cc2cncc(C(=O)OC)c2)c2cc(OC(C)C)c(Cl)cc2Cl)CCCC1. The summed E-state index contributed by atoms with van der Waals surface area (Å²) in [5.74, 6) is 0.977. The first-order valence-electron chi connectivity index (χ1n) is 12.0. The van der Waals surface area contributed by atoms with Crippen LogP contribution in [0.25, 0.3) is 0 Å². The van der Waals surface area contributed by atoms with Gasteiger partial charge in [0.2, 0.25) is 0 Å².